The summed E-state index contributed by atoms with van der Waals surface area (Å²) >= 11 is 11.2. The van der Waals surface area contributed by atoms with Gasteiger partial charge < -0.3 is 4.74 Å². The van der Waals surface area contributed by atoms with Crippen LogP contribution in [0.25, 0.3) is 0 Å². The third-order valence-electron chi connectivity index (χ3n) is 1.81. The predicted molar refractivity (Wildman–Crippen MR) is 54.9 cm³/mol. The molecule has 0 aliphatic carbocycles. The van der Waals surface area contributed by atoms with E-state index in [2.05, 4.69) is 9.72 Å². The Hall–Kier alpha value is -0.680. The molecule has 2 nitrogen and oxygen atoms in total. The minimum absolute atomic E-state index is 0.0815. The van der Waals surface area contributed by atoms with Gasteiger partial charge in [0.2, 0.25) is 5.88 Å². The summed E-state index contributed by atoms with van der Waals surface area (Å²) in [5, 5.41) is 0.294. The van der Waals surface area contributed by atoms with Crippen LogP contribution in [0.4, 0.5) is 13.2 Å². The zero-order valence-corrected chi connectivity index (χ0v) is 9.70. The monoisotopic (exact) mass is 273 g/mol. The molecular weight excluding hydrogens is 266 g/mol. The van der Waals surface area contributed by atoms with Crippen molar-refractivity contribution < 1.29 is 17.9 Å². The van der Waals surface area contributed by atoms with E-state index in [-0.39, 0.29) is 11.8 Å². The summed E-state index contributed by atoms with van der Waals surface area (Å²) in [7, 11) is 0. The van der Waals surface area contributed by atoms with E-state index in [1.54, 1.807) is 0 Å². The first-order chi connectivity index (χ1) is 7.34. The topological polar surface area (TPSA) is 22.1 Å². The van der Waals surface area contributed by atoms with Gasteiger partial charge in [0.1, 0.15) is 0 Å². The Morgan fingerprint density at radius 3 is 2.62 bits per heavy atom. The van der Waals surface area contributed by atoms with Crippen LogP contribution in [0, 0.1) is 0 Å². The molecular formula is C9H8Cl2F3NO. The molecule has 1 atom stereocenters. The number of nitrogens with zero attached hydrogens (tertiary/aromatic N) is 1. The highest BCUT2D eigenvalue weighted by atomic mass is 35.5. The van der Waals surface area contributed by atoms with Gasteiger partial charge in [0.15, 0.2) is 6.10 Å². The number of pyridine rings is 1. The first-order valence-electron chi connectivity index (χ1n) is 4.28. The first kappa shape index (κ1) is 13.4. The standard InChI is InChI=1S/C9H8Cl2F3NO/c1-5(9(12,13)14)16-8-2-6(3-10)7(11)4-15-8/h2,4-5H,3H2,1H3. The molecule has 1 heterocycles. The van der Waals surface area contributed by atoms with E-state index in [4.69, 9.17) is 23.2 Å². The molecule has 0 saturated carbocycles. The second-order valence-electron chi connectivity index (χ2n) is 3.05. The molecule has 0 aromatic carbocycles. The smallest absolute Gasteiger partial charge is 0.425 e. The van der Waals surface area contributed by atoms with Crippen LogP contribution in [0.3, 0.4) is 0 Å². The molecule has 1 rings (SSSR count). The lowest BCUT2D eigenvalue weighted by molar-refractivity contribution is -0.189. The van der Waals surface area contributed by atoms with Gasteiger partial charge in [0.25, 0.3) is 0 Å². The van der Waals surface area contributed by atoms with Crippen molar-refractivity contribution in [3.05, 3.63) is 22.8 Å². The number of alkyl halides is 4. The van der Waals surface area contributed by atoms with Crippen LogP contribution in [0.1, 0.15) is 12.5 Å². The van der Waals surface area contributed by atoms with Gasteiger partial charge in [-0.3, -0.25) is 0 Å². The Morgan fingerprint density at radius 1 is 1.50 bits per heavy atom. The van der Waals surface area contributed by atoms with Crippen molar-refractivity contribution in [2.75, 3.05) is 0 Å². The van der Waals surface area contributed by atoms with Gasteiger partial charge in [-0.2, -0.15) is 13.2 Å². The maximum atomic E-state index is 12.2. The van der Waals surface area contributed by atoms with Gasteiger partial charge in [-0.1, -0.05) is 11.6 Å². The molecule has 0 N–H and O–H groups in total. The van der Waals surface area contributed by atoms with E-state index >= 15 is 0 Å². The third-order valence-corrected chi connectivity index (χ3v) is 2.44. The molecule has 0 amide bonds. The molecule has 1 aromatic heterocycles. The Morgan fingerprint density at radius 2 is 2.12 bits per heavy atom. The Balaban J connectivity index is 2.82. The minimum Gasteiger partial charge on any atom is -0.465 e. The quantitative estimate of drug-likeness (QED) is 0.782. The summed E-state index contributed by atoms with van der Waals surface area (Å²) in [4.78, 5) is 3.63. The van der Waals surface area contributed by atoms with Gasteiger partial charge in [-0.05, 0) is 12.5 Å². The normalized spacial score (nSPS) is 13.6. The molecule has 0 aliphatic rings. The molecule has 1 aromatic rings. The lowest BCUT2D eigenvalue weighted by Crippen LogP contribution is -2.31. The van der Waals surface area contributed by atoms with E-state index in [0.717, 1.165) is 6.92 Å². The van der Waals surface area contributed by atoms with Crippen molar-refractivity contribution in [2.24, 2.45) is 0 Å². The molecule has 7 heteroatoms. The summed E-state index contributed by atoms with van der Waals surface area (Å²) in [5.41, 5.74) is 0.475. The number of aromatic nitrogens is 1. The largest absolute Gasteiger partial charge is 0.465 e. The lowest BCUT2D eigenvalue weighted by atomic mass is 10.3. The van der Waals surface area contributed by atoms with Crippen molar-refractivity contribution in [1.29, 1.82) is 0 Å². The summed E-state index contributed by atoms with van der Waals surface area (Å²) in [6.45, 7) is 0.899. The number of ether oxygens (including phenoxy) is 1. The summed E-state index contributed by atoms with van der Waals surface area (Å²) in [6, 6.07) is 1.29. The van der Waals surface area contributed by atoms with E-state index in [9.17, 15) is 13.2 Å². The van der Waals surface area contributed by atoms with E-state index < -0.39 is 12.3 Å². The Labute approximate surface area is 100 Å². The second kappa shape index (κ2) is 5.10. The van der Waals surface area contributed by atoms with E-state index in [1.807, 2.05) is 0 Å². The van der Waals surface area contributed by atoms with Gasteiger partial charge in [-0.25, -0.2) is 4.98 Å². The van der Waals surface area contributed by atoms with Gasteiger partial charge in [-0.15, -0.1) is 11.6 Å². The summed E-state index contributed by atoms with van der Waals surface area (Å²) in [6.07, 6.45) is -5.15. The fourth-order valence-electron chi connectivity index (χ4n) is 0.873. The maximum absolute atomic E-state index is 12.2. The molecule has 0 spiro atoms. The second-order valence-corrected chi connectivity index (χ2v) is 3.72. The molecule has 1 unspecified atom stereocenters. The maximum Gasteiger partial charge on any atom is 0.425 e. The van der Waals surface area contributed by atoms with Gasteiger partial charge in [0, 0.05) is 18.1 Å². The van der Waals surface area contributed by atoms with Crippen LogP contribution in [0.2, 0.25) is 5.02 Å². The number of hydrogen-bond donors (Lipinski definition) is 0. The van der Waals surface area contributed by atoms with Crippen molar-refractivity contribution in [3.8, 4) is 5.88 Å². The molecule has 0 bridgehead atoms. The highest BCUT2D eigenvalue weighted by Crippen LogP contribution is 2.26. The van der Waals surface area contributed by atoms with Crippen LogP contribution >= 0.6 is 23.2 Å². The molecule has 0 aliphatic heterocycles. The molecule has 0 fully saturated rings. The fourth-order valence-corrected chi connectivity index (χ4v) is 1.33. The highest BCUT2D eigenvalue weighted by molar-refractivity contribution is 6.32. The zero-order chi connectivity index (χ0) is 12.3. The molecule has 90 valence electrons. The number of halogens is 5. The van der Waals surface area contributed by atoms with Crippen LogP contribution in [-0.4, -0.2) is 17.3 Å². The van der Waals surface area contributed by atoms with Gasteiger partial charge in [0.05, 0.1) is 5.02 Å². The Bertz CT molecular complexity index is 370. The van der Waals surface area contributed by atoms with E-state index in [1.165, 1.54) is 12.3 Å². The molecule has 16 heavy (non-hydrogen) atoms. The van der Waals surface area contributed by atoms with E-state index in [0.29, 0.717) is 10.6 Å². The van der Waals surface area contributed by atoms with Crippen LogP contribution in [-0.2, 0) is 5.88 Å². The molecule has 0 saturated heterocycles. The Kier molecular flexibility index (Phi) is 4.27. The predicted octanol–water partition coefficient (Wildman–Crippen LogP) is 3.80. The lowest BCUT2D eigenvalue weighted by Gasteiger charge is -2.17. The minimum atomic E-state index is -4.43. The number of hydrogen-bond acceptors (Lipinski definition) is 2. The first-order valence-corrected chi connectivity index (χ1v) is 5.19. The van der Waals surface area contributed by atoms with Crippen molar-refractivity contribution in [2.45, 2.75) is 25.1 Å². The third kappa shape index (κ3) is 3.42. The summed E-state index contributed by atoms with van der Waals surface area (Å²) in [5.74, 6) is -0.0668. The fraction of sp³-hybridized carbons (Fsp3) is 0.444. The average Bonchev–Trinajstić information content (AvgIpc) is 2.19. The molecule has 0 radical (unpaired) electrons. The van der Waals surface area contributed by atoms with Crippen molar-refractivity contribution in [1.82, 2.24) is 4.98 Å². The van der Waals surface area contributed by atoms with Crippen molar-refractivity contribution >= 4 is 23.2 Å². The average molecular weight is 274 g/mol. The summed E-state index contributed by atoms with van der Waals surface area (Å²) < 4.78 is 41.2. The highest BCUT2D eigenvalue weighted by Gasteiger charge is 2.38. The van der Waals surface area contributed by atoms with Gasteiger partial charge >= 0.3 is 6.18 Å². The zero-order valence-electron chi connectivity index (χ0n) is 8.18. The van der Waals surface area contributed by atoms with Crippen LogP contribution in [0.5, 0.6) is 5.88 Å². The SMILES string of the molecule is CC(Oc1cc(CCl)c(Cl)cn1)C(F)(F)F. The van der Waals surface area contributed by atoms with Crippen LogP contribution in [0.15, 0.2) is 12.3 Å². The van der Waals surface area contributed by atoms with Crippen molar-refractivity contribution in [3.63, 3.8) is 0 Å². The van der Waals surface area contributed by atoms with Crippen LogP contribution < -0.4 is 4.74 Å². The number of rotatable bonds is 3.